The molecule has 2 heterocycles. The van der Waals surface area contributed by atoms with Gasteiger partial charge in [0.25, 0.3) is 5.56 Å². The Morgan fingerprint density at radius 2 is 2.14 bits per heavy atom. The van der Waals surface area contributed by atoms with E-state index < -0.39 is 35.8 Å². The molecular weight excluding hydrogens is 386 g/mol. The molecule has 12 heteroatoms. The highest BCUT2D eigenvalue weighted by atomic mass is 16.7. The summed E-state index contributed by atoms with van der Waals surface area (Å²) in [6.07, 6.45) is 2.21. The number of azide groups is 1. The van der Waals surface area contributed by atoms with E-state index in [1.54, 1.807) is 6.92 Å². The van der Waals surface area contributed by atoms with Gasteiger partial charge >= 0.3 is 11.8 Å². The van der Waals surface area contributed by atoms with E-state index in [1.165, 1.54) is 10.8 Å². The molecule has 0 amide bonds. The Hall–Kier alpha value is -2.82. The van der Waals surface area contributed by atoms with E-state index in [1.807, 2.05) is 0 Å². The minimum atomic E-state index is -0.865. The third-order valence-corrected chi connectivity index (χ3v) is 4.50. The minimum Gasteiger partial charge on any atom is -0.434 e. The maximum atomic E-state index is 12.0. The molecule has 2 N–H and O–H groups in total. The van der Waals surface area contributed by atoms with Gasteiger partial charge in [-0.15, -0.1) is 0 Å². The number of nitrogens with one attached hydrogen (secondary N) is 1. The zero-order chi connectivity index (χ0) is 21.2. The topological polar surface area (TPSA) is 169 Å². The van der Waals surface area contributed by atoms with Gasteiger partial charge in [-0.25, -0.2) is 9.59 Å². The predicted octanol–water partition coefficient (Wildman–Crippen LogP) is 1.52. The van der Waals surface area contributed by atoms with Crippen molar-refractivity contribution in [2.45, 2.75) is 57.4 Å². The van der Waals surface area contributed by atoms with E-state index in [0.717, 1.165) is 12.8 Å². The zero-order valence-corrected chi connectivity index (χ0v) is 16.2. The van der Waals surface area contributed by atoms with Gasteiger partial charge in [0, 0.05) is 29.7 Å². The number of ether oxygens (including phenoxy) is 3. The van der Waals surface area contributed by atoms with Crippen LogP contribution in [-0.2, 0) is 14.2 Å². The fourth-order valence-corrected chi connectivity index (χ4v) is 2.94. The largest absolute Gasteiger partial charge is 0.508 e. The van der Waals surface area contributed by atoms with Crippen LogP contribution in [-0.4, -0.2) is 52.8 Å². The number of aromatic nitrogens is 2. The number of hydrogen-bond acceptors (Lipinski definition) is 8. The Bertz CT molecular complexity index is 845. The number of hydrogen-bond donors (Lipinski definition) is 2. The highest BCUT2D eigenvalue weighted by molar-refractivity contribution is 5.59. The number of aryl methyl sites for hydroxylation is 1. The second kappa shape index (κ2) is 11.2. The Morgan fingerprint density at radius 3 is 2.86 bits per heavy atom. The summed E-state index contributed by atoms with van der Waals surface area (Å²) in [5.41, 5.74) is 7.95. The van der Waals surface area contributed by atoms with Gasteiger partial charge in [-0.05, 0) is 31.7 Å². The minimum absolute atomic E-state index is 0.141. The number of carbonyl (C=O) groups is 1. The van der Waals surface area contributed by atoms with Crippen molar-refractivity contribution in [2.75, 3.05) is 19.8 Å². The number of aromatic amines is 1. The molecule has 0 aromatic carbocycles. The molecule has 1 aromatic rings. The molecule has 2 rings (SSSR count). The van der Waals surface area contributed by atoms with Crippen molar-refractivity contribution < 1.29 is 24.1 Å². The van der Waals surface area contributed by atoms with Gasteiger partial charge in [-0.1, -0.05) is 11.5 Å². The van der Waals surface area contributed by atoms with Crippen LogP contribution >= 0.6 is 0 Å². The average molecular weight is 411 g/mol. The molecule has 160 valence electrons. The standard InChI is InChI=1S/C17H25N5O7/c1-11-9-22(16(25)19-15(11)24)14-8-12(20-21-18)13(29-14)10-28-17(26)27-7-5-3-2-4-6-23/h9,12-14,23H,2-8,10H2,1H3,(H,19,24,25). The SMILES string of the molecule is Cc1cn(C2CC(N=[N+]=[N-])C(COC(=O)OCCCCCCO)O2)c(=O)[nH]c1=O. The average Bonchev–Trinajstić information content (AvgIpc) is 3.08. The third kappa shape index (κ3) is 6.63. The summed E-state index contributed by atoms with van der Waals surface area (Å²) in [7, 11) is 0. The zero-order valence-electron chi connectivity index (χ0n) is 16.2. The summed E-state index contributed by atoms with van der Waals surface area (Å²) in [5.74, 6) is 0. The summed E-state index contributed by atoms with van der Waals surface area (Å²) in [6, 6.07) is -0.657. The number of carbonyl (C=O) groups excluding carboxylic acids is 1. The molecule has 3 atom stereocenters. The van der Waals surface area contributed by atoms with Gasteiger partial charge in [0.15, 0.2) is 0 Å². The number of nitrogens with zero attached hydrogens (tertiary/aromatic N) is 4. The molecule has 1 fully saturated rings. The van der Waals surface area contributed by atoms with Gasteiger partial charge < -0.3 is 19.3 Å². The van der Waals surface area contributed by atoms with Crippen LogP contribution in [0.2, 0.25) is 0 Å². The van der Waals surface area contributed by atoms with Gasteiger partial charge in [0.1, 0.15) is 18.9 Å². The van der Waals surface area contributed by atoms with Gasteiger partial charge in [0.2, 0.25) is 0 Å². The highest BCUT2D eigenvalue weighted by Crippen LogP contribution is 2.30. The van der Waals surface area contributed by atoms with Crippen LogP contribution in [0, 0.1) is 6.92 Å². The van der Waals surface area contributed by atoms with Crippen LogP contribution in [0.4, 0.5) is 4.79 Å². The van der Waals surface area contributed by atoms with Crippen molar-refractivity contribution in [3.63, 3.8) is 0 Å². The summed E-state index contributed by atoms with van der Waals surface area (Å²) in [4.78, 5) is 40.2. The summed E-state index contributed by atoms with van der Waals surface area (Å²) in [6.45, 7) is 1.68. The van der Waals surface area contributed by atoms with Crippen molar-refractivity contribution in [2.24, 2.45) is 5.11 Å². The van der Waals surface area contributed by atoms with Crippen LogP contribution in [0.15, 0.2) is 20.9 Å². The Labute approximate surface area is 166 Å². The van der Waals surface area contributed by atoms with Crippen LogP contribution in [0.3, 0.4) is 0 Å². The summed E-state index contributed by atoms with van der Waals surface area (Å²) >= 11 is 0. The van der Waals surface area contributed by atoms with Crippen molar-refractivity contribution in [3.05, 3.63) is 43.0 Å². The predicted molar refractivity (Wildman–Crippen MR) is 100 cm³/mol. The molecule has 1 saturated heterocycles. The molecule has 1 aliphatic heterocycles. The van der Waals surface area contributed by atoms with E-state index in [-0.39, 0.29) is 26.2 Å². The lowest BCUT2D eigenvalue weighted by Gasteiger charge is -2.16. The van der Waals surface area contributed by atoms with E-state index in [2.05, 4.69) is 15.0 Å². The molecule has 3 unspecified atom stereocenters. The van der Waals surface area contributed by atoms with Gasteiger partial charge in [-0.3, -0.25) is 14.3 Å². The van der Waals surface area contributed by atoms with E-state index in [4.69, 9.17) is 24.8 Å². The molecule has 0 aliphatic carbocycles. The maximum absolute atomic E-state index is 12.0. The fraction of sp³-hybridized carbons (Fsp3) is 0.706. The van der Waals surface area contributed by atoms with Crippen LogP contribution < -0.4 is 11.2 Å². The molecule has 0 radical (unpaired) electrons. The number of aliphatic hydroxyl groups is 1. The Morgan fingerprint density at radius 1 is 1.38 bits per heavy atom. The van der Waals surface area contributed by atoms with Gasteiger partial charge in [0.05, 0.1) is 12.6 Å². The lowest BCUT2D eigenvalue weighted by atomic mass is 10.1. The van der Waals surface area contributed by atoms with Crippen molar-refractivity contribution in [3.8, 4) is 0 Å². The lowest BCUT2D eigenvalue weighted by Crippen LogP contribution is -2.33. The summed E-state index contributed by atoms with van der Waals surface area (Å²) < 4.78 is 16.9. The van der Waals surface area contributed by atoms with Gasteiger partial charge in [-0.2, -0.15) is 0 Å². The quantitative estimate of drug-likeness (QED) is 0.193. The second-order valence-corrected chi connectivity index (χ2v) is 6.66. The Balaban J connectivity index is 1.89. The Kier molecular flexibility index (Phi) is 8.71. The monoisotopic (exact) mass is 411 g/mol. The first kappa shape index (κ1) is 22.5. The van der Waals surface area contributed by atoms with Crippen LogP contribution in [0.1, 0.15) is 43.9 Å². The molecule has 0 saturated carbocycles. The molecule has 29 heavy (non-hydrogen) atoms. The van der Waals surface area contributed by atoms with E-state index in [9.17, 15) is 14.4 Å². The van der Waals surface area contributed by atoms with E-state index in [0.29, 0.717) is 18.4 Å². The number of rotatable bonds is 10. The van der Waals surface area contributed by atoms with Crippen molar-refractivity contribution in [1.82, 2.24) is 9.55 Å². The smallest absolute Gasteiger partial charge is 0.434 e. The molecule has 0 spiro atoms. The first-order chi connectivity index (χ1) is 14.0. The number of aliphatic hydroxyl groups excluding tert-OH is 1. The van der Waals surface area contributed by atoms with Crippen LogP contribution in [0.5, 0.6) is 0 Å². The number of unbranched alkanes of at least 4 members (excludes halogenated alkanes) is 3. The number of H-pyrrole nitrogens is 1. The molecule has 1 aromatic heterocycles. The maximum Gasteiger partial charge on any atom is 0.508 e. The fourth-order valence-electron chi connectivity index (χ4n) is 2.94. The molecular formula is C17H25N5O7. The lowest BCUT2D eigenvalue weighted by molar-refractivity contribution is -0.0423. The first-order valence-electron chi connectivity index (χ1n) is 9.38. The molecule has 1 aliphatic rings. The van der Waals surface area contributed by atoms with E-state index >= 15 is 0 Å². The van der Waals surface area contributed by atoms with Crippen molar-refractivity contribution >= 4 is 6.16 Å². The van der Waals surface area contributed by atoms with Crippen molar-refractivity contribution in [1.29, 1.82) is 0 Å². The highest BCUT2D eigenvalue weighted by Gasteiger charge is 2.37. The van der Waals surface area contributed by atoms with Crippen LogP contribution in [0.25, 0.3) is 10.4 Å². The third-order valence-electron chi connectivity index (χ3n) is 4.50. The molecule has 0 bridgehead atoms. The first-order valence-corrected chi connectivity index (χ1v) is 9.38. The second-order valence-electron chi connectivity index (χ2n) is 6.66. The summed E-state index contributed by atoms with van der Waals surface area (Å²) in [5, 5.41) is 12.3. The normalized spacial score (nSPS) is 20.8. The molecule has 12 nitrogen and oxygen atoms in total.